The van der Waals surface area contributed by atoms with Crippen molar-refractivity contribution in [3.63, 3.8) is 0 Å². The summed E-state index contributed by atoms with van der Waals surface area (Å²) >= 11 is 0. The smallest absolute Gasteiger partial charge is 0.0628 e. The normalized spacial score (nSPS) is 24.3. The zero-order chi connectivity index (χ0) is 13.9. The third kappa shape index (κ3) is 3.71. The molecule has 0 spiro atoms. The molecule has 2 N–H and O–H groups in total. The third-order valence-electron chi connectivity index (χ3n) is 4.95. The Labute approximate surface area is 118 Å². The third-order valence-corrected chi connectivity index (χ3v) is 4.95. The van der Waals surface area contributed by atoms with Crippen LogP contribution in [0, 0.1) is 5.92 Å². The van der Waals surface area contributed by atoms with E-state index in [1.54, 1.807) is 0 Å². The molecule has 2 aliphatic rings. The summed E-state index contributed by atoms with van der Waals surface area (Å²) in [6, 6.07) is 1.19. The summed E-state index contributed by atoms with van der Waals surface area (Å²) in [5.41, 5.74) is -0.0627. The molecule has 2 fully saturated rings. The summed E-state index contributed by atoms with van der Waals surface area (Å²) < 4.78 is 0. The van der Waals surface area contributed by atoms with Crippen molar-refractivity contribution in [2.24, 2.45) is 5.92 Å². The maximum Gasteiger partial charge on any atom is 0.0628 e. The van der Waals surface area contributed by atoms with Crippen LogP contribution in [-0.2, 0) is 0 Å². The molecule has 3 nitrogen and oxygen atoms in total. The Morgan fingerprint density at radius 2 is 1.84 bits per heavy atom. The molecule has 0 bridgehead atoms. The second-order valence-electron chi connectivity index (χ2n) is 6.89. The van der Waals surface area contributed by atoms with E-state index < -0.39 is 0 Å². The fourth-order valence-electron chi connectivity index (χ4n) is 3.86. The van der Waals surface area contributed by atoms with E-state index in [4.69, 9.17) is 0 Å². The standard InChI is InChI=1S/C16H32N2O/c1-4-18(15-7-5-6-8-15)11-16(12-19,14-9-10-14)17-13(2)3/h13-15,17,19H,4-12H2,1-3H3. The number of hydrogen-bond acceptors (Lipinski definition) is 3. The van der Waals surface area contributed by atoms with Crippen LogP contribution in [0.4, 0.5) is 0 Å². The van der Waals surface area contributed by atoms with E-state index in [-0.39, 0.29) is 12.1 Å². The van der Waals surface area contributed by atoms with Crippen molar-refractivity contribution in [2.45, 2.75) is 76.9 Å². The monoisotopic (exact) mass is 268 g/mol. The molecule has 2 saturated carbocycles. The number of rotatable bonds is 8. The molecule has 19 heavy (non-hydrogen) atoms. The van der Waals surface area contributed by atoms with Gasteiger partial charge in [-0.2, -0.15) is 0 Å². The van der Waals surface area contributed by atoms with Crippen LogP contribution >= 0.6 is 0 Å². The fraction of sp³-hybridized carbons (Fsp3) is 1.00. The Kier molecular flexibility index (Phi) is 5.27. The molecule has 0 aliphatic heterocycles. The second kappa shape index (κ2) is 6.55. The van der Waals surface area contributed by atoms with Gasteiger partial charge < -0.3 is 10.4 Å². The molecule has 112 valence electrons. The molecule has 0 saturated heterocycles. The van der Waals surface area contributed by atoms with Crippen LogP contribution in [0.2, 0.25) is 0 Å². The second-order valence-corrected chi connectivity index (χ2v) is 6.89. The van der Waals surface area contributed by atoms with Gasteiger partial charge in [0.2, 0.25) is 0 Å². The number of aliphatic hydroxyl groups excluding tert-OH is 1. The molecular weight excluding hydrogens is 236 g/mol. The van der Waals surface area contributed by atoms with Crippen molar-refractivity contribution in [3.05, 3.63) is 0 Å². The Morgan fingerprint density at radius 3 is 2.26 bits per heavy atom. The van der Waals surface area contributed by atoms with Crippen molar-refractivity contribution in [1.82, 2.24) is 10.2 Å². The Bertz CT molecular complexity index is 272. The van der Waals surface area contributed by atoms with Crippen LogP contribution in [0.3, 0.4) is 0 Å². The van der Waals surface area contributed by atoms with Crippen molar-refractivity contribution in [3.8, 4) is 0 Å². The van der Waals surface area contributed by atoms with Gasteiger partial charge in [-0.3, -0.25) is 4.90 Å². The molecule has 0 heterocycles. The molecule has 0 aromatic heterocycles. The summed E-state index contributed by atoms with van der Waals surface area (Å²) in [6.07, 6.45) is 8.02. The van der Waals surface area contributed by atoms with Gasteiger partial charge in [-0.15, -0.1) is 0 Å². The highest BCUT2D eigenvalue weighted by atomic mass is 16.3. The van der Waals surface area contributed by atoms with Crippen LogP contribution in [0.15, 0.2) is 0 Å². The molecule has 0 aromatic carbocycles. The molecule has 1 unspecified atom stereocenters. The van der Waals surface area contributed by atoms with E-state index in [0.29, 0.717) is 12.0 Å². The lowest BCUT2D eigenvalue weighted by Gasteiger charge is -2.41. The van der Waals surface area contributed by atoms with E-state index in [9.17, 15) is 5.11 Å². The summed E-state index contributed by atoms with van der Waals surface area (Å²) in [4.78, 5) is 2.62. The van der Waals surface area contributed by atoms with Crippen molar-refractivity contribution in [2.75, 3.05) is 19.7 Å². The van der Waals surface area contributed by atoms with E-state index in [0.717, 1.165) is 19.1 Å². The molecule has 0 radical (unpaired) electrons. The van der Waals surface area contributed by atoms with Gasteiger partial charge in [0, 0.05) is 18.6 Å². The minimum Gasteiger partial charge on any atom is -0.394 e. The largest absolute Gasteiger partial charge is 0.394 e. The van der Waals surface area contributed by atoms with E-state index in [1.165, 1.54) is 38.5 Å². The quantitative estimate of drug-likeness (QED) is 0.709. The van der Waals surface area contributed by atoms with Gasteiger partial charge in [-0.1, -0.05) is 33.6 Å². The van der Waals surface area contributed by atoms with E-state index >= 15 is 0 Å². The highest BCUT2D eigenvalue weighted by Crippen LogP contribution is 2.41. The van der Waals surface area contributed by atoms with Crippen molar-refractivity contribution in [1.29, 1.82) is 0 Å². The first kappa shape index (κ1) is 15.3. The number of likely N-dealkylation sites (N-methyl/N-ethyl adjacent to an activating group) is 1. The van der Waals surface area contributed by atoms with Crippen molar-refractivity contribution >= 4 is 0 Å². The average molecular weight is 268 g/mol. The van der Waals surface area contributed by atoms with Crippen LogP contribution in [-0.4, -0.2) is 47.3 Å². The van der Waals surface area contributed by atoms with Crippen LogP contribution in [0.1, 0.15) is 59.3 Å². The SMILES string of the molecule is CCN(CC(CO)(NC(C)C)C1CC1)C1CCCC1. The van der Waals surface area contributed by atoms with Gasteiger partial charge in [0.1, 0.15) is 0 Å². The molecule has 2 aliphatic carbocycles. The highest BCUT2D eigenvalue weighted by Gasteiger charge is 2.46. The molecule has 2 rings (SSSR count). The van der Waals surface area contributed by atoms with Gasteiger partial charge in [-0.25, -0.2) is 0 Å². The zero-order valence-electron chi connectivity index (χ0n) is 13.0. The first-order valence-corrected chi connectivity index (χ1v) is 8.24. The van der Waals surface area contributed by atoms with E-state index in [1.807, 2.05) is 0 Å². The van der Waals surface area contributed by atoms with E-state index in [2.05, 4.69) is 31.0 Å². The predicted molar refractivity (Wildman–Crippen MR) is 80.3 cm³/mol. The summed E-state index contributed by atoms with van der Waals surface area (Å²) in [6.45, 7) is 9.06. The van der Waals surface area contributed by atoms with Gasteiger partial charge in [0.15, 0.2) is 0 Å². The van der Waals surface area contributed by atoms with Crippen LogP contribution < -0.4 is 5.32 Å². The zero-order valence-corrected chi connectivity index (χ0v) is 13.0. The maximum atomic E-state index is 10.0. The molecule has 3 heteroatoms. The first-order chi connectivity index (χ1) is 9.11. The van der Waals surface area contributed by atoms with Crippen LogP contribution in [0.25, 0.3) is 0 Å². The number of hydrogen-bond donors (Lipinski definition) is 2. The maximum absolute atomic E-state index is 10.0. The lowest BCUT2D eigenvalue weighted by atomic mass is 9.91. The minimum atomic E-state index is -0.0627. The average Bonchev–Trinajstić information content (AvgIpc) is 3.11. The van der Waals surface area contributed by atoms with Crippen molar-refractivity contribution < 1.29 is 5.11 Å². The fourth-order valence-corrected chi connectivity index (χ4v) is 3.86. The van der Waals surface area contributed by atoms with Gasteiger partial charge in [0.25, 0.3) is 0 Å². The first-order valence-electron chi connectivity index (χ1n) is 8.24. The molecule has 0 aromatic rings. The minimum absolute atomic E-state index is 0.0627. The molecular formula is C16H32N2O. The number of nitrogens with one attached hydrogen (secondary N) is 1. The lowest BCUT2D eigenvalue weighted by Crippen LogP contribution is -2.61. The molecule has 0 amide bonds. The van der Waals surface area contributed by atoms with Gasteiger partial charge in [0.05, 0.1) is 12.1 Å². The summed E-state index contributed by atoms with van der Waals surface area (Å²) in [5.74, 6) is 0.676. The lowest BCUT2D eigenvalue weighted by molar-refractivity contribution is 0.0675. The Balaban J connectivity index is 2.04. The molecule has 1 atom stereocenters. The summed E-state index contributed by atoms with van der Waals surface area (Å²) in [7, 11) is 0. The number of aliphatic hydroxyl groups is 1. The highest BCUT2D eigenvalue weighted by molar-refractivity contribution is 5.04. The number of nitrogens with zero attached hydrogens (tertiary/aromatic N) is 1. The topological polar surface area (TPSA) is 35.5 Å². The predicted octanol–water partition coefficient (Wildman–Crippen LogP) is 2.39. The Hall–Kier alpha value is -0.120. The van der Waals surface area contributed by atoms with Gasteiger partial charge in [-0.05, 0) is 38.1 Å². The van der Waals surface area contributed by atoms with Crippen LogP contribution in [0.5, 0.6) is 0 Å². The van der Waals surface area contributed by atoms with Gasteiger partial charge >= 0.3 is 0 Å². The Morgan fingerprint density at radius 1 is 1.21 bits per heavy atom. The summed E-state index contributed by atoms with van der Waals surface area (Å²) in [5, 5.41) is 13.7.